The molecule has 0 fully saturated rings. The Balaban J connectivity index is 2.71. The number of nitrogens with zero attached hydrogens (tertiary/aromatic N) is 3. The molecule has 0 aliphatic heterocycles. The highest BCUT2D eigenvalue weighted by Crippen LogP contribution is 2.04. The Hall–Kier alpha value is -1.73. The van der Waals surface area contributed by atoms with Gasteiger partial charge in [0.25, 0.3) is 5.91 Å². The minimum Gasteiger partial charge on any atom is -0.383 e. The molecule has 1 aromatic heterocycles. The molecule has 1 rings (SSSR count). The van der Waals surface area contributed by atoms with E-state index < -0.39 is 0 Å². The summed E-state index contributed by atoms with van der Waals surface area (Å²) in [5, 5.41) is 3.03. The molecule has 1 aromatic rings. The van der Waals surface area contributed by atoms with E-state index in [0.717, 1.165) is 6.54 Å². The van der Waals surface area contributed by atoms with Crippen LogP contribution in [0.25, 0.3) is 0 Å². The van der Waals surface area contributed by atoms with Crippen molar-refractivity contribution in [3.05, 3.63) is 18.1 Å². The van der Waals surface area contributed by atoms with Gasteiger partial charge in [0.2, 0.25) is 0 Å². The quantitative estimate of drug-likeness (QED) is 0.716. The Morgan fingerprint density at radius 2 is 1.85 bits per heavy atom. The van der Waals surface area contributed by atoms with Crippen LogP contribution in [0.2, 0.25) is 0 Å². The molecule has 0 radical (unpaired) electrons. The maximum absolute atomic E-state index is 12.3. The second kappa shape index (κ2) is 9.22. The topological polar surface area (TPSA) is 76.6 Å². The van der Waals surface area contributed by atoms with Crippen molar-refractivity contribution in [2.45, 2.75) is 6.92 Å². The number of methoxy groups -OCH3 is 2. The maximum atomic E-state index is 12.3. The summed E-state index contributed by atoms with van der Waals surface area (Å²) in [5.41, 5.74) is 0.318. The van der Waals surface area contributed by atoms with Crippen molar-refractivity contribution in [1.29, 1.82) is 0 Å². The van der Waals surface area contributed by atoms with Crippen LogP contribution in [0, 0.1) is 0 Å². The molecule has 0 spiro atoms. The van der Waals surface area contributed by atoms with Crippen molar-refractivity contribution in [1.82, 2.24) is 14.9 Å². The van der Waals surface area contributed by atoms with Gasteiger partial charge in [-0.3, -0.25) is 4.79 Å². The summed E-state index contributed by atoms with van der Waals surface area (Å²) in [4.78, 5) is 22.2. The van der Waals surface area contributed by atoms with E-state index in [1.54, 1.807) is 25.3 Å². The van der Waals surface area contributed by atoms with Crippen molar-refractivity contribution in [2.24, 2.45) is 0 Å². The first-order chi connectivity index (χ1) is 9.72. The molecule has 1 amide bonds. The van der Waals surface area contributed by atoms with Crippen molar-refractivity contribution >= 4 is 11.7 Å². The summed E-state index contributed by atoms with van der Waals surface area (Å²) in [6.45, 7) is 4.66. The fourth-order valence-electron chi connectivity index (χ4n) is 1.59. The lowest BCUT2D eigenvalue weighted by Crippen LogP contribution is -2.37. The van der Waals surface area contributed by atoms with E-state index in [4.69, 9.17) is 9.47 Å². The first kappa shape index (κ1) is 16.3. The van der Waals surface area contributed by atoms with Gasteiger partial charge in [-0.15, -0.1) is 0 Å². The lowest BCUT2D eigenvalue weighted by Gasteiger charge is -2.21. The highest BCUT2D eigenvalue weighted by molar-refractivity contribution is 5.92. The van der Waals surface area contributed by atoms with Crippen LogP contribution in [0.3, 0.4) is 0 Å². The van der Waals surface area contributed by atoms with Gasteiger partial charge in [0.05, 0.1) is 25.6 Å². The first-order valence-corrected chi connectivity index (χ1v) is 6.56. The summed E-state index contributed by atoms with van der Waals surface area (Å²) in [7, 11) is 3.20. The molecule has 7 heteroatoms. The van der Waals surface area contributed by atoms with Crippen LogP contribution >= 0.6 is 0 Å². The van der Waals surface area contributed by atoms with Crippen molar-refractivity contribution < 1.29 is 14.3 Å². The summed E-state index contributed by atoms with van der Waals surface area (Å²) in [5.74, 6) is 0.485. The molecule has 0 aliphatic rings. The van der Waals surface area contributed by atoms with Gasteiger partial charge in [-0.1, -0.05) is 0 Å². The number of anilines is 1. The van der Waals surface area contributed by atoms with E-state index in [1.165, 1.54) is 6.20 Å². The van der Waals surface area contributed by atoms with Gasteiger partial charge in [0.15, 0.2) is 0 Å². The van der Waals surface area contributed by atoms with Crippen molar-refractivity contribution in [2.75, 3.05) is 52.4 Å². The number of hydrogen-bond acceptors (Lipinski definition) is 6. The molecule has 0 atom stereocenters. The van der Waals surface area contributed by atoms with Crippen LogP contribution in [0.4, 0.5) is 5.82 Å². The van der Waals surface area contributed by atoms with Crippen molar-refractivity contribution in [3.63, 3.8) is 0 Å². The van der Waals surface area contributed by atoms with Crippen molar-refractivity contribution in [3.8, 4) is 0 Å². The van der Waals surface area contributed by atoms with E-state index >= 15 is 0 Å². The number of carbonyl (C=O) groups excluding carboxylic acids is 1. The lowest BCUT2D eigenvalue weighted by atomic mass is 10.3. The SMILES string of the molecule is CCNc1cnc(C(=O)N(CCOC)CCOC)cn1. The summed E-state index contributed by atoms with van der Waals surface area (Å²) >= 11 is 0. The number of ether oxygens (including phenoxy) is 2. The van der Waals surface area contributed by atoms with E-state index in [0.29, 0.717) is 37.8 Å². The fourth-order valence-corrected chi connectivity index (χ4v) is 1.59. The molecule has 112 valence electrons. The Bertz CT molecular complexity index is 389. The number of hydrogen-bond donors (Lipinski definition) is 1. The van der Waals surface area contributed by atoms with Gasteiger partial charge in [0.1, 0.15) is 11.5 Å². The third-order valence-electron chi connectivity index (χ3n) is 2.65. The highest BCUT2D eigenvalue weighted by Gasteiger charge is 2.17. The van der Waals surface area contributed by atoms with Crippen LogP contribution in [0.5, 0.6) is 0 Å². The van der Waals surface area contributed by atoms with Gasteiger partial charge >= 0.3 is 0 Å². The van der Waals surface area contributed by atoms with Gasteiger partial charge in [-0.25, -0.2) is 9.97 Å². The monoisotopic (exact) mass is 282 g/mol. The van der Waals surface area contributed by atoms with Gasteiger partial charge in [-0.2, -0.15) is 0 Å². The minimum absolute atomic E-state index is 0.172. The van der Waals surface area contributed by atoms with E-state index in [9.17, 15) is 4.79 Å². The molecular formula is C13H22N4O3. The predicted molar refractivity (Wildman–Crippen MR) is 75.9 cm³/mol. The molecule has 7 nitrogen and oxygen atoms in total. The average molecular weight is 282 g/mol. The third-order valence-corrected chi connectivity index (χ3v) is 2.65. The molecule has 20 heavy (non-hydrogen) atoms. The molecular weight excluding hydrogens is 260 g/mol. The van der Waals surface area contributed by atoms with Gasteiger partial charge in [-0.05, 0) is 6.92 Å². The molecule has 0 unspecified atom stereocenters. The largest absolute Gasteiger partial charge is 0.383 e. The van der Waals surface area contributed by atoms with Crippen LogP contribution in [0.1, 0.15) is 17.4 Å². The average Bonchev–Trinajstić information content (AvgIpc) is 2.48. The zero-order valence-corrected chi connectivity index (χ0v) is 12.3. The molecule has 0 saturated carbocycles. The number of nitrogens with one attached hydrogen (secondary N) is 1. The first-order valence-electron chi connectivity index (χ1n) is 6.56. The minimum atomic E-state index is -0.172. The zero-order valence-electron chi connectivity index (χ0n) is 12.3. The Morgan fingerprint density at radius 3 is 2.30 bits per heavy atom. The highest BCUT2D eigenvalue weighted by atomic mass is 16.5. The Kier molecular flexibility index (Phi) is 7.52. The second-order valence-electron chi connectivity index (χ2n) is 4.10. The molecule has 0 aliphatic carbocycles. The number of carbonyl (C=O) groups is 1. The number of aromatic nitrogens is 2. The van der Waals surface area contributed by atoms with Crippen LogP contribution < -0.4 is 5.32 Å². The Morgan fingerprint density at radius 1 is 1.20 bits per heavy atom. The third kappa shape index (κ3) is 5.10. The predicted octanol–water partition coefficient (Wildman–Crippen LogP) is 0.643. The number of rotatable bonds is 9. The smallest absolute Gasteiger partial charge is 0.274 e. The van der Waals surface area contributed by atoms with Crippen LogP contribution in [0.15, 0.2) is 12.4 Å². The molecule has 1 N–H and O–H groups in total. The fraction of sp³-hybridized carbons (Fsp3) is 0.615. The number of amides is 1. The second-order valence-corrected chi connectivity index (χ2v) is 4.10. The van der Waals surface area contributed by atoms with Crippen LogP contribution in [-0.2, 0) is 9.47 Å². The summed E-state index contributed by atoms with van der Waals surface area (Å²) in [6.07, 6.45) is 3.04. The van der Waals surface area contributed by atoms with Crippen LogP contribution in [-0.4, -0.2) is 67.8 Å². The zero-order chi connectivity index (χ0) is 14.8. The standard InChI is InChI=1S/C13H22N4O3/c1-4-14-12-10-15-11(9-16-12)13(18)17(5-7-19-2)6-8-20-3/h9-10H,4-8H2,1-3H3,(H,14,16). The maximum Gasteiger partial charge on any atom is 0.274 e. The van der Waals surface area contributed by atoms with Gasteiger partial charge < -0.3 is 19.7 Å². The summed E-state index contributed by atoms with van der Waals surface area (Å²) in [6, 6.07) is 0. The lowest BCUT2D eigenvalue weighted by molar-refractivity contribution is 0.0621. The normalized spacial score (nSPS) is 10.3. The summed E-state index contributed by atoms with van der Waals surface area (Å²) < 4.78 is 10.0. The molecule has 0 aromatic carbocycles. The van der Waals surface area contributed by atoms with E-state index in [2.05, 4.69) is 15.3 Å². The van der Waals surface area contributed by atoms with Gasteiger partial charge in [0, 0.05) is 33.9 Å². The van der Waals surface area contributed by atoms with E-state index in [-0.39, 0.29) is 5.91 Å². The molecule has 0 saturated heterocycles. The molecule has 0 bridgehead atoms. The van der Waals surface area contributed by atoms with E-state index in [1.807, 2.05) is 6.92 Å². The Labute approximate surface area is 119 Å². The molecule has 1 heterocycles.